The second-order valence-corrected chi connectivity index (χ2v) is 4.59. The summed E-state index contributed by atoms with van der Waals surface area (Å²) >= 11 is 0. The highest BCUT2D eigenvalue weighted by molar-refractivity contribution is 5.88. The van der Waals surface area contributed by atoms with Crippen LogP contribution in [-0.4, -0.2) is 18.3 Å². The molecule has 0 aliphatic rings. The first-order valence-electron chi connectivity index (χ1n) is 5.98. The van der Waals surface area contributed by atoms with Gasteiger partial charge in [-0.3, -0.25) is 4.79 Å². The molecule has 0 radical (unpaired) electrons. The van der Waals surface area contributed by atoms with Gasteiger partial charge in [0.15, 0.2) is 5.78 Å². The van der Waals surface area contributed by atoms with E-state index in [1.165, 1.54) is 0 Å². The predicted octanol–water partition coefficient (Wildman–Crippen LogP) is 0.729. The normalized spacial score (nSPS) is 16.3. The van der Waals surface area contributed by atoms with Crippen LogP contribution in [0.2, 0.25) is 0 Å². The molecular formula is C11H23N3O. The van der Waals surface area contributed by atoms with E-state index in [1.54, 1.807) is 20.8 Å². The van der Waals surface area contributed by atoms with Crippen LogP contribution in [0.5, 0.6) is 0 Å². The van der Waals surface area contributed by atoms with Gasteiger partial charge in [0.1, 0.15) is 0 Å². The molecule has 4 heteroatoms. The Kier molecular flexibility index (Phi) is 4.02. The van der Waals surface area contributed by atoms with E-state index in [0.29, 0.717) is 0 Å². The highest BCUT2D eigenvalue weighted by Crippen LogP contribution is 2.17. The summed E-state index contributed by atoms with van der Waals surface area (Å²) in [6.07, 6.45) is 0.371. The fourth-order valence-electron chi connectivity index (χ4n) is 1.09. The third-order valence-electron chi connectivity index (χ3n) is 1.91. The van der Waals surface area contributed by atoms with Crippen molar-refractivity contribution in [3.63, 3.8) is 0 Å². The third kappa shape index (κ3) is 6.12. The van der Waals surface area contributed by atoms with Gasteiger partial charge in [0.05, 0.1) is 11.9 Å². The van der Waals surface area contributed by atoms with Crippen LogP contribution < -0.4 is 16.8 Å². The number of nitrogens with two attached hydrogens (primary N) is 2. The van der Waals surface area contributed by atoms with Crippen LogP contribution in [0.25, 0.3) is 0 Å². The fourth-order valence-corrected chi connectivity index (χ4v) is 1.09. The lowest BCUT2D eigenvalue weighted by molar-refractivity contribution is -0.127. The van der Waals surface area contributed by atoms with E-state index in [1.807, 2.05) is 0 Å². The molecule has 0 amide bonds. The molecule has 0 unspecified atom stereocenters. The lowest BCUT2D eigenvalue weighted by atomic mass is 9.85. The third-order valence-corrected chi connectivity index (χ3v) is 1.91. The van der Waals surface area contributed by atoms with Crippen LogP contribution in [0.1, 0.15) is 36.4 Å². The monoisotopic (exact) mass is 215 g/mol. The summed E-state index contributed by atoms with van der Waals surface area (Å²) in [5, 5.41) is 2.40. The molecular weight excluding hydrogens is 190 g/mol. The first kappa shape index (κ1) is 10.5. The van der Waals surface area contributed by atoms with Crippen molar-refractivity contribution < 1.29 is 7.54 Å². The fraction of sp³-hybridized carbons (Fsp3) is 0.727. The van der Waals surface area contributed by atoms with Gasteiger partial charge in [-0.1, -0.05) is 27.4 Å². The van der Waals surface area contributed by atoms with Crippen LogP contribution in [0.15, 0.2) is 12.4 Å². The summed E-state index contributed by atoms with van der Waals surface area (Å²) in [7, 11) is 0. The molecule has 0 spiro atoms. The number of hydrogen-bond donors (Lipinski definition) is 3. The molecule has 5 N–H and O–H groups in total. The van der Waals surface area contributed by atoms with Crippen LogP contribution in [-0.2, 0) is 4.79 Å². The molecule has 0 aromatic heterocycles. The Balaban J connectivity index is 4.29. The average Bonchev–Trinajstić information content (AvgIpc) is 2.09. The second-order valence-electron chi connectivity index (χ2n) is 4.59. The van der Waals surface area contributed by atoms with Crippen molar-refractivity contribution in [2.75, 3.05) is 6.50 Å². The van der Waals surface area contributed by atoms with E-state index in [-0.39, 0.29) is 24.4 Å². The smallest absolute Gasteiger partial charge is 0.154 e. The number of ketones is 1. The summed E-state index contributed by atoms with van der Waals surface area (Å²) in [5.41, 5.74) is 10.5. The molecule has 0 aromatic rings. The maximum absolute atomic E-state index is 11.8. The lowest BCUT2D eigenvalue weighted by Gasteiger charge is -2.21. The highest BCUT2D eigenvalue weighted by atomic mass is 16.1. The van der Waals surface area contributed by atoms with E-state index in [9.17, 15) is 4.79 Å². The molecule has 0 saturated carbocycles. The Bertz CT molecular complexity index is 298. The Morgan fingerprint density at radius 1 is 1.60 bits per heavy atom. The maximum atomic E-state index is 11.8. The molecule has 0 heterocycles. The summed E-state index contributed by atoms with van der Waals surface area (Å²) in [6, 6.07) is -0.655. The van der Waals surface area contributed by atoms with Crippen molar-refractivity contribution in [3.05, 3.63) is 12.4 Å². The summed E-state index contributed by atoms with van der Waals surface area (Å²) in [4.78, 5) is 11.8. The Hall–Kier alpha value is -1.03. The van der Waals surface area contributed by atoms with Gasteiger partial charge in [-0.15, -0.1) is 0 Å². The zero-order valence-electron chi connectivity index (χ0n) is 11.8. The van der Waals surface area contributed by atoms with Crippen molar-refractivity contribution in [2.45, 2.75) is 39.7 Å². The standard InChI is InChI=1S/C11H23N3O/c1-8(12)14-7-5-6-9(13)10(15)11(2,3)4/h9,14H,1,5-7,12-13H2,2-4H3/t9-/m1/s1/i7D2. The van der Waals surface area contributed by atoms with Gasteiger partial charge >= 0.3 is 0 Å². The minimum atomic E-state index is -1.69. The van der Waals surface area contributed by atoms with Crippen LogP contribution >= 0.6 is 0 Å². The molecule has 88 valence electrons. The lowest BCUT2D eigenvalue weighted by Crippen LogP contribution is -2.39. The minimum Gasteiger partial charge on any atom is -0.386 e. The first-order valence-corrected chi connectivity index (χ1v) is 4.98. The number of Topliss-reactive ketones (excluding diaryl/α,β-unsaturated/α-hetero) is 1. The summed E-state index contributed by atoms with van der Waals surface area (Å²) in [6.45, 7) is 7.06. The molecule has 0 fully saturated rings. The molecule has 0 bridgehead atoms. The number of carbonyl (C=O) groups is 1. The Morgan fingerprint density at radius 2 is 2.13 bits per heavy atom. The summed E-state index contributed by atoms with van der Waals surface area (Å²) < 4.78 is 15.2. The first-order chi connectivity index (χ1) is 7.46. The number of carbonyl (C=O) groups excluding carboxylic acids is 1. The van der Waals surface area contributed by atoms with Gasteiger partial charge in [-0.2, -0.15) is 0 Å². The van der Waals surface area contributed by atoms with E-state index in [0.717, 1.165) is 0 Å². The van der Waals surface area contributed by atoms with Gasteiger partial charge in [0.25, 0.3) is 0 Å². The molecule has 0 rings (SSSR count). The summed E-state index contributed by atoms with van der Waals surface area (Å²) in [5.74, 6) is -0.00871. The van der Waals surface area contributed by atoms with Gasteiger partial charge in [-0.25, -0.2) is 0 Å². The van der Waals surface area contributed by atoms with Crippen LogP contribution in [0.4, 0.5) is 0 Å². The maximum Gasteiger partial charge on any atom is 0.154 e. The van der Waals surface area contributed by atoms with Crippen molar-refractivity contribution in [3.8, 4) is 0 Å². The van der Waals surface area contributed by atoms with E-state index >= 15 is 0 Å². The Labute approximate surface area is 94.9 Å². The van der Waals surface area contributed by atoms with E-state index < -0.39 is 18.0 Å². The van der Waals surface area contributed by atoms with Crippen molar-refractivity contribution in [1.29, 1.82) is 0 Å². The quantitative estimate of drug-likeness (QED) is 0.610. The molecule has 0 aliphatic heterocycles. The van der Waals surface area contributed by atoms with E-state index in [4.69, 9.17) is 14.2 Å². The Morgan fingerprint density at radius 3 is 2.53 bits per heavy atom. The largest absolute Gasteiger partial charge is 0.386 e. The number of hydrogen-bond acceptors (Lipinski definition) is 4. The van der Waals surface area contributed by atoms with Crippen molar-refractivity contribution in [1.82, 2.24) is 5.32 Å². The molecule has 0 saturated heterocycles. The topological polar surface area (TPSA) is 81.1 Å². The van der Waals surface area contributed by atoms with E-state index in [2.05, 4.69) is 11.9 Å². The highest BCUT2D eigenvalue weighted by Gasteiger charge is 2.26. The molecule has 4 nitrogen and oxygen atoms in total. The van der Waals surface area contributed by atoms with Gasteiger partial charge < -0.3 is 16.8 Å². The molecule has 0 aliphatic carbocycles. The second kappa shape index (κ2) is 5.75. The van der Waals surface area contributed by atoms with Gasteiger partial charge in [-0.05, 0) is 12.8 Å². The minimum absolute atomic E-state index is 0.0609. The SMILES string of the molecule is [2H]C([2H])(CC[C@@H](N)C(=O)C(C)(C)C)NC(=C)N. The number of nitrogens with one attached hydrogen (secondary N) is 1. The van der Waals surface area contributed by atoms with Gasteiger partial charge in [0.2, 0.25) is 0 Å². The molecule has 1 atom stereocenters. The predicted molar refractivity (Wildman–Crippen MR) is 63.0 cm³/mol. The molecule has 15 heavy (non-hydrogen) atoms. The van der Waals surface area contributed by atoms with Crippen LogP contribution in [0.3, 0.4) is 0 Å². The number of rotatable bonds is 6. The average molecular weight is 215 g/mol. The van der Waals surface area contributed by atoms with Crippen molar-refractivity contribution in [2.24, 2.45) is 16.9 Å². The zero-order chi connectivity index (χ0) is 13.9. The van der Waals surface area contributed by atoms with Crippen LogP contribution in [0, 0.1) is 5.41 Å². The molecule has 0 aromatic carbocycles. The van der Waals surface area contributed by atoms with Gasteiger partial charge in [0, 0.05) is 14.7 Å². The van der Waals surface area contributed by atoms with Crippen molar-refractivity contribution >= 4 is 5.78 Å². The zero-order valence-corrected chi connectivity index (χ0v) is 9.76.